The number of nitrogens with one attached hydrogen (secondary N) is 4. The van der Waals surface area contributed by atoms with E-state index < -0.39 is 41.8 Å². The Hall–Kier alpha value is -3.12. The highest BCUT2D eigenvalue weighted by Crippen LogP contribution is 2.09. The Balaban J connectivity index is 2.11. The number of thioether (sulfide) groups is 1. The molecule has 1 aliphatic heterocycles. The number of carbonyl (C=O) groups excluding carboxylic acids is 4. The molecule has 1 aromatic carbocycles. The van der Waals surface area contributed by atoms with Crippen LogP contribution in [0.3, 0.4) is 0 Å². The fourth-order valence-electron chi connectivity index (χ4n) is 3.84. The van der Waals surface area contributed by atoms with Gasteiger partial charge in [-0.25, -0.2) is 4.79 Å². The van der Waals surface area contributed by atoms with E-state index in [2.05, 4.69) is 21.3 Å². The monoisotopic (exact) mass is 521 g/mol. The van der Waals surface area contributed by atoms with Gasteiger partial charge in [-0.05, 0) is 49.8 Å². The Morgan fingerprint density at radius 3 is 2.22 bits per heavy atom. The van der Waals surface area contributed by atoms with Crippen LogP contribution in [0.15, 0.2) is 30.3 Å². The summed E-state index contributed by atoms with van der Waals surface area (Å²) in [5.41, 5.74) is 5.95. The number of rotatable bonds is 15. The van der Waals surface area contributed by atoms with Gasteiger partial charge in [0, 0.05) is 12.8 Å². The Bertz CT molecular complexity index is 910. The van der Waals surface area contributed by atoms with E-state index in [1.807, 2.05) is 6.26 Å². The zero-order valence-corrected chi connectivity index (χ0v) is 21.1. The highest BCUT2D eigenvalue weighted by molar-refractivity contribution is 7.98. The number of nitrogens with two attached hydrogens (primary N) is 1. The Morgan fingerprint density at radius 1 is 1.03 bits per heavy atom. The van der Waals surface area contributed by atoms with E-state index in [4.69, 9.17) is 5.73 Å². The number of hydrogen-bond donors (Lipinski definition) is 6. The summed E-state index contributed by atoms with van der Waals surface area (Å²) in [5, 5.41) is 20.5. The summed E-state index contributed by atoms with van der Waals surface area (Å²) in [6, 6.07) is 5.08. The molecule has 11 nitrogen and oxygen atoms in total. The molecule has 0 aliphatic carbocycles. The second-order valence-corrected chi connectivity index (χ2v) is 9.63. The van der Waals surface area contributed by atoms with Crippen LogP contribution < -0.4 is 27.0 Å². The van der Waals surface area contributed by atoms with Crippen molar-refractivity contribution in [1.82, 2.24) is 21.3 Å². The normalized spacial score (nSPS) is 17.4. The maximum atomic E-state index is 13.1. The molecule has 1 heterocycles. The van der Waals surface area contributed by atoms with Gasteiger partial charge >= 0.3 is 5.97 Å². The smallest absolute Gasteiger partial charge is 0.326 e. The lowest BCUT2D eigenvalue weighted by molar-refractivity contribution is -0.142. The molecule has 1 saturated heterocycles. The topological polar surface area (TPSA) is 180 Å². The third kappa shape index (κ3) is 9.86. The Kier molecular flexibility index (Phi) is 12.2. The standard InChI is InChI=1S/C24H35N5O6S/c1-36-13-11-18(28-21(31)16-8-5-12-26-16)23(33)27-17(9-10-20(25)30)22(32)29-19(24(34)35)14-15-6-3-2-4-7-15/h2-4,6-7,16-19,26H,5,8-14H2,1H3,(H2,25,30)(H,27,33)(H,28,31)(H,29,32)(H,34,35). The van der Waals surface area contributed by atoms with Crippen molar-refractivity contribution < 1.29 is 29.1 Å². The highest BCUT2D eigenvalue weighted by atomic mass is 32.2. The molecule has 0 aromatic heterocycles. The number of hydrogen-bond acceptors (Lipinski definition) is 7. The van der Waals surface area contributed by atoms with Gasteiger partial charge in [-0.15, -0.1) is 0 Å². The first-order chi connectivity index (χ1) is 17.2. The van der Waals surface area contributed by atoms with Crippen LogP contribution in [0.25, 0.3) is 0 Å². The van der Waals surface area contributed by atoms with Crippen LogP contribution in [0.1, 0.15) is 37.7 Å². The van der Waals surface area contributed by atoms with Gasteiger partial charge in [-0.2, -0.15) is 11.8 Å². The number of carboxylic acids is 1. The predicted molar refractivity (Wildman–Crippen MR) is 136 cm³/mol. The molecule has 1 aliphatic rings. The van der Waals surface area contributed by atoms with Gasteiger partial charge in [0.1, 0.15) is 18.1 Å². The second kappa shape index (κ2) is 15.1. The summed E-state index contributed by atoms with van der Waals surface area (Å²) >= 11 is 1.51. The van der Waals surface area contributed by atoms with E-state index >= 15 is 0 Å². The first-order valence-electron chi connectivity index (χ1n) is 11.9. The van der Waals surface area contributed by atoms with Crippen LogP contribution in [0.4, 0.5) is 0 Å². The van der Waals surface area contributed by atoms with Gasteiger partial charge in [0.25, 0.3) is 0 Å². The SMILES string of the molecule is CSCCC(NC(=O)C1CCCN1)C(=O)NC(CCC(N)=O)C(=O)NC(Cc1ccccc1)C(=O)O. The van der Waals surface area contributed by atoms with Crippen LogP contribution >= 0.6 is 11.8 Å². The molecule has 36 heavy (non-hydrogen) atoms. The molecule has 12 heteroatoms. The molecular formula is C24H35N5O6S. The van der Waals surface area contributed by atoms with Crippen LogP contribution in [-0.2, 0) is 30.4 Å². The molecule has 2 rings (SSSR count). The van der Waals surface area contributed by atoms with Gasteiger partial charge in [0.05, 0.1) is 6.04 Å². The molecule has 198 valence electrons. The van der Waals surface area contributed by atoms with Crippen molar-refractivity contribution in [2.45, 2.75) is 62.7 Å². The quantitative estimate of drug-likeness (QED) is 0.179. The maximum Gasteiger partial charge on any atom is 0.326 e. The molecule has 4 unspecified atom stereocenters. The van der Waals surface area contributed by atoms with Gasteiger partial charge in [0.15, 0.2) is 0 Å². The van der Waals surface area contributed by atoms with Gasteiger partial charge in [-0.3, -0.25) is 19.2 Å². The van der Waals surface area contributed by atoms with Crippen LogP contribution in [0.5, 0.6) is 0 Å². The molecule has 4 amide bonds. The van der Waals surface area contributed by atoms with Crippen molar-refractivity contribution in [3.63, 3.8) is 0 Å². The summed E-state index contributed by atoms with van der Waals surface area (Å²) in [4.78, 5) is 61.9. The highest BCUT2D eigenvalue weighted by Gasteiger charge is 2.31. The molecule has 0 saturated carbocycles. The molecular weight excluding hydrogens is 486 g/mol. The predicted octanol–water partition coefficient (Wildman–Crippen LogP) is -0.461. The van der Waals surface area contributed by atoms with E-state index in [0.717, 1.165) is 13.0 Å². The van der Waals surface area contributed by atoms with E-state index in [0.29, 0.717) is 24.2 Å². The minimum atomic E-state index is -1.24. The zero-order valence-electron chi connectivity index (χ0n) is 20.3. The van der Waals surface area contributed by atoms with Gasteiger partial charge in [-0.1, -0.05) is 30.3 Å². The minimum Gasteiger partial charge on any atom is -0.480 e. The van der Waals surface area contributed by atoms with Crippen LogP contribution in [-0.4, -0.2) is 77.4 Å². The van der Waals surface area contributed by atoms with Crippen molar-refractivity contribution >= 4 is 41.4 Å². The summed E-state index contributed by atoms with van der Waals surface area (Å²) in [5.74, 6) is -2.94. The fourth-order valence-corrected chi connectivity index (χ4v) is 4.31. The van der Waals surface area contributed by atoms with E-state index in [-0.39, 0.29) is 31.2 Å². The molecule has 7 N–H and O–H groups in total. The van der Waals surface area contributed by atoms with E-state index in [1.54, 1.807) is 30.3 Å². The number of benzene rings is 1. The lowest BCUT2D eigenvalue weighted by atomic mass is 10.0. The van der Waals surface area contributed by atoms with Gasteiger partial charge in [0.2, 0.25) is 23.6 Å². The minimum absolute atomic E-state index is 0.0409. The molecule has 4 atom stereocenters. The number of carbonyl (C=O) groups is 5. The molecule has 0 radical (unpaired) electrons. The molecule has 1 fully saturated rings. The van der Waals surface area contributed by atoms with E-state index in [9.17, 15) is 29.1 Å². The summed E-state index contributed by atoms with van der Waals surface area (Å²) in [7, 11) is 0. The zero-order chi connectivity index (χ0) is 26.5. The summed E-state index contributed by atoms with van der Waals surface area (Å²) in [6.07, 6.45) is 3.48. The second-order valence-electron chi connectivity index (χ2n) is 8.65. The fraction of sp³-hybridized carbons (Fsp3) is 0.542. The average molecular weight is 522 g/mol. The van der Waals surface area contributed by atoms with Gasteiger partial charge < -0.3 is 32.1 Å². The van der Waals surface area contributed by atoms with E-state index in [1.165, 1.54) is 11.8 Å². The third-order valence-electron chi connectivity index (χ3n) is 5.83. The van der Waals surface area contributed by atoms with Crippen LogP contribution in [0, 0.1) is 0 Å². The molecule has 0 bridgehead atoms. The molecule has 0 spiro atoms. The van der Waals surface area contributed by atoms with Crippen LogP contribution in [0.2, 0.25) is 0 Å². The largest absolute Gasteiger partial charge is 0.480 e. The van der Waals surface area contributed by atoms with Crippen molar-refractivity contribution in [3.05, 3.63) is 35.9 Å². The average Bonchev–Trinajstić information content (AvgIpc) is 3.39. The maximum absolute atomic E-state index is 13.1. The molecule has 1 aromatic rings. The Labute approximate surface area is 214 Å². The van der Waals surface area contributed by atoms with Crippen molar-refractivity contribution in [1.29, 1.82) is 0 Å². The lowest BCUT2D eigenvalue weighted by Gasteiger charge is -2.25. The first-order valence-corrected chi connectivity index (χ1v) is 13.3. The van der Waals surface area contributed by atoms with Crippen molar-refractivity contribution in [3.8, 4) is 0 Å². The number of carboxylic acid groups (broad SMARTS) is 1. The lowest BCUT2D eigenvalue weighted by Crippen LogP contribution is -2.57. The first kappa shape index (κ1) is 29.1. The van der Waals surface area contributed by atoms with Crippen molar-refractivity contribution in [2.24, 2.45) is 5.73 Å². The summed E-state index contributed by atoms with van der Waals surface area (Å²) in [6.45, 7) is 0.725. The number of primary amides is 1. The Morgan fingerprint density at radius 2 is 1.67 bits per heavy atom. The summed E-state index contributed by atoms with van der Waals surface area (Å²) < 4.78 is 0. The number of aliphatic carboxylic acids is 1. The van der Waals surface area contributed by atoms with Crippen molar-refractivity contribution in [2.75, 3.05) is 18.6 Å². The third-order valence-corrected chi connectivity index (χ3v) is 6.47. The number of amides is 4.